The van der Waals surface area contributed by atoms with Gasteiger partial charge in [0.2, 0.25) is 0 Å². The lowest BCUT2D eigenvalue weighted by atomic mass is 9.81. The second-order valence-electron chi connectivity index (χ2n) is 5.08. The van der Waals surface area contributed by atoms with E-state index >= 15 is 0 Å². The number of nitrogens with zero attached hydrogens (tertiary/aromatic N) is 1. The minimum Gasteiger partial charge on any atom is -0.389 e. The third-order valence-electron chi connectivity index (χ3n) is 3.44. The Kier molecular flexibility index (Phi) is 3.40. The van der Waals surface area contributed by atoms with Crippen molar-refractivity contribution in [1.29, 1.82) is 0 Å². The van der Waals surface area contributed by atoms with Crippen molar-refractivity contribution < 1.29 is 9.90 Å². The first-order chi connectivity index (χ1) is 7.51. The van der Waals surface area contributed by atoms with Crippen LogP contribution in [0.4, 0.5) is 0 Å². The third-order valence-corrected chi connectivity index (χ3v) is 5.16. The molecule has 0 aromatic carbocycles. The Hall–Kier alpha value is -0.350. The molecule has 0 bridgehead atoms. The minimum atomic E-state index is -0.668. The average molecular weight is 241 g/mol. The van der Waals surface area contributed by atoms with Crippen molar-refractivity contribution in [3.05, 3.63) is 0 Å². The molecule has 16 heavy (non-hydrogen) atoms. The molecule has 90 valence electrons. The number of aliphatic imine (C=N–C) groups is 1. The lowest BCUT2D eigenvalue weighted by molar-refractivity contribution is -0.125. The van der Waals surface area contributed by atoms with Crippen molar-refractivity contribution in [3.63, 3.8) is 0 Å². The SMILES string of the molecule is CC(C)C1=NCC(C2(O)CCC(=O)CC2)S1. The summed E-state index contributed by atoms with van der Waals surface area (Å²) in [5.74, 6) is 0.737. The maximum Gasteiger partial charge on any atom is 0.133 e. The van der Waals surface area contributed by atoms with Gasteiger partial charge in [-0.1, -0.05) is 13.8 Å². The number of carbonyl (C=O) groups excluding carboxylic acids is 1. The Morgan fingerprint density at radius 2 is 2.06 bits per heavy atom. The molecule has 0 spiro atoms. The smallest absolute Gasteiger partial charge is 0.133 e. The molecule has 1 unspecified atom stereocenters. The number of aliphatic hydroxyl groups is 1. The van der Waals surface area contributed by atoms with E-state index in [2.05, 4.69) is 18.8 Å². The highest BCUT2D eigenvalue weighted by Gasteiger charge is 2.42. The van der Waals surface area contributed by atoms with E-state index < -0.39 is 5.60 Å². The monoisotopic (exact) mass is 241 g/mol. The fourth-order valence-corrected chi connectivity index (χ4v) is 3.59. The van der Waals surface area contributed by atoms with Gasteiger partial charge in [0.25, 0.3) is 0 Å². The fourth-order valence-electron chi connectivity index (χ4n) is 2.28. The van der Waals surface area contributed by atoms with E-state index in [1.165, 1.54) is 0 Å². The first-order valence-electron chi connectivity index (χ1n) is 5.96. The van der Waals surface area contributed by atoms with Crippen molar-refractivity contribution in [2.45, 2.75) is 50.4 Å². The summed E-state index contributed by atoms with van der Waals surface area (Å²) in [5.41, 5.74) is -0.668. The van der Waals surface area contributed by atoms with Crippen LogP contribution in [0.2, 0.25) is 0 Å². The summed E-state index contributed by atoms with van der Waals surface area (Å²) in [5, 5.41) is 11.9. The van der Waals surface area contributed by atoms with E-state index in [4.69, 9.17) is 0 Å². The molecule has 0 radical (unpaired) electrons. The predicted molar refractivity (Wildman–Crippen MR) is 66.9 cm³/mol. The van der Waals surface area contributed by atoms with E-state index in [0.29, 0.717) is 38.1 Å². The number of carbonyl (C=O) groups is 1. The van der Waals surface area contributed by atoms with Gasteiger partial charge >= 0.3 is 0 Å². The molecule has 1 N–H and O–H groups in total. The van der Waals surface area contributed by atoms with E-state index in [0.717, 1.165) is 5.04 Å². The number of rotatable bonds is 2. The van der Waals surface area contributed by atoms with Crippen LogP contribution in [0.15, 0.2) is 4.99 Å². The Labute approximate surface area is 101 Å². The zero-order chi connectivity index (χ0) is 11.8. The Morgan fingerprint density at radius 3 is 2.56 bits per heavy atom. The van der Waals surface area contributed by atoms with Gasteiger partial charge < -0.3 is 5.11 Å². The van der Waals surface area contributed by atoms with Crippen LogP contribution in [-0.2, 0) is 4.79 Å². The normalized spacial score (nSPS) is 29.6. The molecular formula is C12H19NO2S. The van der Waals surface area contributed by atoms with Gasteiger partial charge in [-0.25, -0.2) is 0 Å². The minimum absolute atomic E-state index is 0.165. The molecule has 2 aliphatic rings. The number of hydrogen-bond donors (Lipinski definition) is 1. The molecule has 1 atom stereocenters. The molecule has 1 heterocycles. The van der Waals surface area contributed by atoms with Crippen LogP contribution in [0.5, 0.6) is 0 Å². The fraction of sp³-hybridized carbons (Fsp3) is 0.833. The summed E-state index contributed by atoms with van der Waals surface area (Å²) in [7, 11) is 0. The van der Waals surface area contributed by atoms with Crippen molar-refractivity contribution in [2.75, 3.05) is 6.54 Å². The Morgan fingerprint density at radius 1 is 1.44 bits per heavy atom. The van der Waals surface area contributed by atoms with E-state index in [1.807, 2.05) is 0 Å². The van der Waals surface area contributed by atoms with Gasteiger partial charge in [-0.05, 0) is 12.8 Å². The van der Waals surface area contributed by atoms with Crippen molar-refractivity contribution >= 4 is 22.6 Å². The molecule has 1 fully saturated rings. The van der Waals surface area contributed by atoms with Gasteiger partial charge in [-0.2, -0.15) is 0 Å². The van der Waals surface area contributed by atoms with Crippen LogP contribution in [0, 0.1) is 5.92 Å². The molecule has 2 rings (SSSR count). The largest absolute Gasteiger partial charge is 0.389 e. The van der Waals surface area contributed by atoms with Crippen LogP contribution in [0.3, 0.4) is 0 Å². The van der Waals surface area contributed by atoms with Crippen LogP contribution in [0.1, 0.15) is 39.5 Å². The number of thioether (sulfide) groups is 1. The second-order valence-corrected chi connectivity index (χ2v) is 6.31. The molecule has 4 heteroatoms. The van der Waals surface area contributed by atoms with Crippen molar-refractivity contribution in [2.24, 2.45) is 10.9 Å². The maximum absolute atomic E-state index is 11.2. The standard InChI is InChI=1S/C12H19NO2S/c1-8(2)11-13-7-10(16-11)12(15)5-3-9(14)4-6-12/h8,10,15H,3-7H2,1-2H3. The molecule has 0 amide bonds. The lowest BCUT2D eigenvalue weighted by Crippen LogP contribution is -2.44. The first kappa shape index (κ1) is 12.1. The highest BCUT2D eigenvalue weighted by molar-refractivity contribution is 8.14. The molecule has 3 nitrogen and oxygen atoms in total. The number of ketones is 1. The zero-order valence-corrected chi connectivity index (χ0v) is 10.7. The zero-order valence-electron chi connectivity index (χ0n) is 9.90. The van der Waals surface area contributed by atoms with Crippen LogP contribution in [-0.4, -0.2) is 33.3 Å². The van der Waals surface area contributed by atoms with Crippen LogP contribution in [0.25, 0.3) is 0 Å². The second kappa shape index (κ2) is 4.49. The molecule has 0 aromatic rings. The molecule has 0 saturated heterocycles. The summed E-state index contributed by atoms with van der Waals surface area (Å²) in [6, 6.07) is 0. The summed E-state index contributed by atoms with van der Waals surface area (Å²) >= 11 is 1.71. The summed E-state index contributed by atoms with van der Waals surface area (Å²) in [6.07, 6.45) is 2.30. The highest BCUT2D eigenvalue weighted by atomic mass is 32.2. The van der Waals surface area contributed by atoms with Gasteiger partial charge in [-0.15, -0.1) is 11.8 Å². The molecule has 1 saturated carbocycles. The first-order valence-corrected chi connectivity index (χ1v) is 6.84. The van der Waals surface area contributed by atoms with E-state index in [-0.39, 0.29) is 11.0 Å². The molecular weight excluding hydrogens is 222 g/mol. The lowest BCUT2D eigenvalue weighted by Gasteiger charge is -2.35. The van der Waals surface area contributed by atoms with Gasteiger partial charge in [0.15, 0.2) is 0 Å². The molecule has 1 aliphatic carbocycles. The third kappa shape index (κ3) is 2.33. The highest BCUT2D eigenvalue weighted by Crippen LogP contribution is 2.40. The number of hydrogen-bond acceptors (Lipinski definition) is 4. The summed E-state index contributed by atoms with van der Waals surface area (Å²) < 4.78 is 0. The topological polar surface area (TPSA) is 49.7 Å². The maximum atomic E-state index is 11.2. The molecule has 0 aromatic heterocycles. The number of Topliss-reactive ketones (excluding diaryl/α,β-unsaturated/α-hetero) is 1. The molecule has 1 aliphatic heterocycles. The van der Waals surface area contributed by atoms with E-state index in [1.54, 1.807) is 11.8 Å². The van der Waals surface area contributed by atoms with Crippen molar-refractivity contribution in [1.82, 2.24) is 0 Å². The van der Waals surface area contributed by atoms with Crippen LogP contribution >= 0.6 is 11.8 Å². The summed E-state index contributed by atoms with van der Waals surface area (Å²) in [4.78, 5) is 15.7. The van der Waals surface area contributed by atoms with Gasteiger partial charge in [-0.3, -0.25) is 9.79 Å². The Balaban J connectivity index is 1.97. The van der Waals surface area contributed by atoms with Gasteiger partial charge in [0.1, 0.15) is 5.78 Å². The van der Waals surface area contributed by atoms with Crippen LogP contribution < -0.4 is 0 Å². The van der Waals surface area contributed by atoms with E-state index in [9.17, 15) is 9.90 Å². The average Bonchev–Trinajstić information content (AvgIpc) is 2.72. The predicted octanol–water partition coefficient (Wildman–Crippen LogP) is 2.03. The quantitative estimate of drug-likeness (QED) is 0.804. The Bertz CT molecular complexity index is 315. The van der Waals surface area contributed by atoms with Gasteiger partial charge in [0.05, 0.1) is 22.4 Å². The van der Waals surface area contributed by atoms with Gasteiger partial charge in [0, 0.05) is 18.8 Å². The summed E-state index contributed by atoms with van der Waals surface area (Å²) in [6.45, 7) is 4.97. The van der Waals surface area contributed by atoms with Crippen molar-refractivity contribution in [3.8, 4) is 0 Å².